The molecule has 3 heterocycles. The Balaban J connectivity index is 1.58. The predicted molar refractivity (Wildman–Crippen MR) is 118 cm³/mol. The normalized spacial score (nSPS) is 13.5. The maximum absolute atomic E-state index is 11.8. The fourth-order valence-corrected chi connectivity index (χ4v) is 4.58. The molecule has 1 aliphatic rings. The summed E-state index contributed by atoms with van der Waals surface area (Å²) < 4.78 is 4.48. The van der Waals surface area contributed by atoms with Gasteiger partial charge < -0.3 is 11.1 Å². The van der Waals surface area contributed by atoms with E-state index in [-0.39, 0.29) is 0 Å². The molecule has 0 aliphatic carbocycles. The van der Waals surface area contributed by atoms with Crippen molar-refractivity contribution in [1.29, 1.82) is 0 Å². The zero-order valence-corrected chi connectivity index (χ0v) is 17.2. The fraction of sp³-hybridized carbons (Fsp3) is 0.182. The van der Waals surface area contributed by atoms with Crippen LogP contribution in [0.25, 0.3) is 21.6 Å². The molecule has 2 aromatic carbocycles. The molecule has 0 radical (unpaired) electrons. The minimum atomic E-state index is -0.487. The van der Waals surface area contributed by atoms with Crippen LogP contribution in [0.5, 0.6) is 0 Å². The third-order valence-corrected chi connectivity index (χ3v) is 6.08. The molecule has 0 unspecified atom stereocenters. The van der Waals surface area contributed by atoms with Gasteiger partial charge in [0.15, 0.2) is 5.82 Å². The Morgan fingerprint density at radius 1 is 1.13 bits per heavy atom. The van der Waals surface area contributed by atoms with Crippen molar-refractivity contribution in [2.45, 2.75) is 19.6 Å². The fourth-order valence-electron chi connectivity index (χ4n) is 3.76. The van der Waals surface area contributed by atoms with E-state index in [1.165, 1.54) is 17.1 Å². The Bertz CT molecular complexity index is 1250. The third-order valence-electron chi connectivity index (χ3n) is 5.22. The number of primary amides is 1. The van der Waals surface area contributed by atoms with Crippen LogP contribution in [-0.2, 0) is 19.6 Å². The Kier molecular flexibility index (Phi) is 4.65. The molecule has 2 aromatic heterocycles. The second-order valence-electron chi connectivity index (χ2n) is 7.41. The number of carbonyl (C=O) groups is 1. The van der Waals surface area contributed by atoms with Crippen LogP contribution in [0, 0.1) is 0 Å². The summed E-state index contributed by atoms with van der Waals surface area (Å²) in [6, 6.07) is 15.7. The summed E-state index contributed by atoms with van der Waals surface area (Å²) in [4.78, 5) is 24.5. The Morgan fingerprint density at radius 3 is 2.77 bits per heavy atom. The standard InChI is InChI=1S/C22H20N6OS/c1-28-11-16-17(12-28)25-22(26-21(16)24-10-13-6-3-2-4-7-13)19-14-8-5-9-15(20(23)29)18(14)27-30-19/h2-9H,10-12H2,1H3,(H2,23,29)(H,24,25,26). The van der Waals surface area contributed by atoms with E-state index in [1.54, 1.807) is 6.07 Å². The summed E-state index contributed by atoms with van der Waals surface area (Å²) in [6.45, 7) is 2.26. The van der Waals surface area contributed by atoms with Crippen LogP contribution in [0.15, 0.2) is 48.5 Å². The second-order valence-corrected chi connectivity index (χ2v) is 8.18. The molecule has 0 fully saturated rings. The molecule has 8 heteroatoms. The molecule has 0 saturated carbocycles. The lowest BCUT2D eigenvalue weighted by molar-refractivity contribution is 0.100. The zero-order chi connectivity index (χ0) is 20.7. The Hall–Kier alpha value is -3.36. The van der Waals surface area contributed by atoms with Crippen molar-refractivity contribution in [1.82, 2.24) is 19.2 Å². The molecule has 1 amide bonds. The Labute approximate surface area is 177 Å². The minimum Gasteiger partial charge on any atom is -0.366 e. The van der Waals surface area contributed by atoms with Crippen LogP contribution in [0.1, 0.15) is 27.2 Å². The van der Waals surface area contributed by atoms with Gasteiger partial charge in [0.2, 0.25) is 0 Å². The number of aromatic nitrogens is 3. The van der Waals surface area contributed by atoms with E-state index < -0.39 is 5.91 Å². The number of nitrogens with zero attached hydrogens (tertiary/aromatic N) is 4. The van der Waals surface area contributed by atoms with Crippen molar-refractivity contribution in [3.63, 3.8) is 0 Å². The van der Waals surface area contributed by atoms with Gasteiger partial charge in [-0.2, -0.15) is 4.37 Å². The monoisotopic (exact) mass is 416 g/mol. The summed E-state index contributed by atoms with van der Waals surface area (Å²) in [5.74, 6) is 0.976. The van der Waals surface area contributed by atoms with Crippen LogP contribution < -0.4 is 11.1 Å². The van der Waals surface area contributed by atoms with Crippen molar-refractivity contribution in [3.8, 4) is 10.7 Å². The van der Waals surface area contributed by atoms with Gasteiger partial charge in [0.25, 0.3) is 5.91 Å². The summed E-state index contributed by atoms with van der Waals surface area (Å²) >= 11 is 1.29. The van der Waals surface area contributed by atoms with Crippen molar-refractivity contribution in [2.24, 2.45) is 5.73 Å². The van der Waals surface area contributed by atoms with E-state index in [1.807, 2.05) is 30.3 Å². The first-order chi connectivity index (χ1) is 14.6. The highest BCUT2D eigenvalue weighted by Crippen LogP contribution is 2.35. The SMILES string of the molecule is CN1Cc2nc(-c3snc4c(C(N)=O)cccc34)nc(NCc3ccccc3)c2C1. The quantitative estimate of drug-likeness (QED) is 0.517. The number of benzene rings is 2. The average molecular weight is 417 g/mol. The van der Waals surface area contributed by atoms with Gasteiger partial charge in [-0.25, -0.2) is 9.97 Å². The van der Waals surface area contributed by atoms with E-state index in [0.717, 1.165) is 40.4 Å². The molecule has 1 aliphatic heterocycles. The van der Waals surface area contributed by atoms with Crippen LogP contribution in [0.2, 0.25) is 0 Å². The number of carbonyl (C=O) groups excluding carboxylic acids is 1. The number of amides is 1. The molecule has 30 heavy (non-hydrogen) atoms. The average Bonchev–Trinajstić information content (AvgIpc) is 3.35. The number of rotatable bonds is 5. The highest BCUT2D eigenvalue weighted by atomic mass is 32.1. The molecule has 7 nitrogen and oxygen atoms in total. The second kappa shape index (κ2) is 7.47. The van der Waals surface area contributed by atoms with E-state index in [2.05, 4.69) is 33.8 Å². The predicted octanol–water partition coefficient (Wildman–Crippen LogP) is 3.41. The smallest absolute Gasteiger partial charge is 0.250 e. The number of anilines is 1. The lowest BCUT2D eigenvalue weighted by Gasteiger charge is -2.12. The van der Waals surface area contributed by atoms with Crippen LogP contribution in [0.4, 0.5) is 5.82 Å². The number of hydrogen-bond acceptors (Lipinski definition) is 7. The maximum Gasteiger partial charge on any atom is 0.250 e. The first kappa shape index (κ1) is 18.7. The number of fused-ring (bicyclic) bond motifs is 2. The summed E-state index contributed by atoms with van der Waals surface area (Å²) in [5.41, 5.74) is 9.87. The third kappa shape index (κ3) is 3.30. The Morgan fingerprint density at radius 2 is 1.97 bits per heavy atom. The lowest BCUT2D eigenvalue weighted by atomic mass is 10.1. The van der Waals surface area contributed by atoms with E-state index in [9.17, 15) is 4.79 Å². The van der Waals surface area contributed by atoms with Crippen molar-refractivity contribution in [3.05, 3.63) is 70.9 Å². The summed E-state index contributed by atoms with van der Waals surface area (Å²) in [5, 5.41) is 4.34. The number of nitrogens with one attached hydrogen (secondary N) is 1. The van der Waals surface area contributed by atoms with Crippen LogP contribution >= 0.6 is 11.5 Å². The van der Waals surface area contributed by atoms with Gasteiger partial charge in [-0.1, -0.05) is 42.5 Å². The highest BCUT2D eigenvalue weighted by Gasteiger charge is 2.25. The molecule has 150 valence electrons. The summed E-state index contributed by atoms with van der Waals surface area (Å²) in [7, 11) is 2.07. The highest BCUT2D eigenvalue weighted by molar-refractivity contribution is 7.11. The molecule has 0 bridgehead atoms. The van der Waals surface area contributed by atoms with E-state index >= 15 is 0 Å². The molecular weight excluding hydrogens is 396 g/mol. The van der Waals surface area contributed by atoms with Crippen molar-refractivity contribution in [2.75, 3.05) is 12.4 Å². The molecule has 0 saturated heterocycles. The summed E-state index contributed by atoms with van der Waals surface area (Å²) in [6.07, 6.45) is 0. The number of nitrogens with two attached hydrogens (primary N) is 1. The largest absolute Gasteiger partial charge is 0.366 e. The van der Waals surface area contributed by atoms with E-state index in [0.29, 0.717) is 23.4 Å². The van der Waals surface area contributed by atoms with Crippen molar-refractivity contribution < 1.29 is 4.79 Å². The number of hydrogen-bond donors (Lipinski definition) is 2. The zero-order valence-electron chi connectivity index (χ0n) is 16.4. The minimum absolute atomic E-state index is 0.415. The lowest BCUT2D eigenvalue weighted by Crippen LogP contribution is -2.11. The van der Waals surface area contributed by atoms with Gasteiger partial charge in [-0.3, -0.25) is 9.69 Å². The van der Waals surface area contributed by atoms with Gasteiger partial charge in [-0.15, -0.1) is 0 Å². The first-order valence-electron chi connectivity index (χ1n) is 9.65. The van der Waals surface area contributed by atoms with Crippen LogP contribution in [0.3, 0.4) is 0 Å². The van der Waals surface area contributed by atoms with E-state index in [4.69, 9.17) is 15.7 Å². The molecule has 4 aromatic rings. The topological polar surface area (TPSA) is 97.0 Å². The van der Waals surface area contributed by atoms with Gasteiger partial charge in [-0.05, 0) is 30.2 Å². The van der Waals surface area contributed by atoms with Gasteiger partial charge in [0, 0.05) is 30.6 Å². The molecular formula is C22H20N6OS. The molecule has 0 atom stereocenters. The molecule has 5 rings (SSSR count). The van der Waals surface area contributed by atoms with Gasteiger partial charge in [0.1, 0.15) is 10.7 Å². The maximum atomic E-state index is 11.8. The van der Waals surface area contributed by atoms with Gasteiger partial charge in [0.05, 0.1) is 16.8 Å². The first-order valence-corrected chi connectivity index (χ1v) is 10.4. The van der Waals surface area contributed by atoms with Crippen LogP contribution in [-0.4, -0.2) is 32.2 Å². The van der Waals surface area contributed by atoms with Gasteiger partial charge >= 0.3 is 0 Å². The van der Waals surface area contributed by atoms with Crippen molar-refractivity contribution >= 4 is 34.2 Å². The molecule has 3 N–H and O–H groups in total. The molecule has 0 spiro atoms.